The Balaban J connectivity index is 1.61. The summed E-state index contributed by atoms with van der Waals surface area (Å²) < 4.78 is 1.97. The number of aryl methyl sites for hydroxylation is 1. The van der Waals surface area contributed by atoms with Crippen LogP contribution in [0.4, 0.5) is 5.95 Å². The molecule has 0 radical (unpaired) electrons. The predicted molar refractivity (Wildman–Crippen MR) is 83.7 cm³/mol. The summed E-state index contributed by atoms with van der Waals surface area (Å²) in [5, 5.41) is 8.20. The lowest BCUT2D eigenvalue weighted by molar-refractivity contribution is 0.371. The summed E-state index contributed by atoms with van der Waals surface area (Å²) in [6.45, 7) is 5.50. The topological polar surface area (TPSA) is 45.5 Å². The summed E-state index contributed by atoms with van der Waals surface area (Å²) in [6.07, 6.45) is 5.13. The SMILES string of the molecule is Cc1cccc2nc(N(CC3CCNCC3)C3CC3)nn12. The van der Waals surface area contributed by atoms with Gasteiger partial charge in [-0.15, -0.1) is 5.10 Å². The normalized spacial score (nSPS) is 20.0. The largest absolute Gasteiger partial charge is 0.336 e. The van der Waals surface area contributed by atoms with E-state index in [9.17, 15) is 0 Å². The Morgan fingerprint density at radius 3 is 2.76 bits per heavy atom. The molecule has 1 aliphatic carbocycles. The van der Waals surface area contributed by atoms with Crippen LogP contribution in [0.1, 0.15) is 31.4 Å². The number of rotatable bonds is 4. The molecule has 2 fully saturated rings. The number of fused-ring (bicyclic) bond motifs is 1. The highest BCUT2D eigenvalue weighted by molar-refractivity contribution is 5.47. The third kappa shape index (κ3) is 2.62. The molecule has 2 aliphatic rings. The standard InChI is InChI=1S/C16H23N5/c1-12-3-2-4-15-18-16(19-21(12)15)20(14-5-6-14)11-13-7-9-17-10-8-13/h2-4,13-14,17H,5-11H2,1H3. The van der Waals surface area contributed by atoms with Crippen LogP contribution in [0.25, 0.3) is 5.65 Å². The Kier molecular flexibility index (Phi) is 3.30. The molecule has 5 nitrogen and oxygen atoms in total. The maximum absolute atomic E-state index is 4.76. The second kappa shape index (κ2) is 5.30. The first-order valence-electron chi connectivity index (χ1n) is 8.11. The van der Waals surface area contributed by atoms with Gasteiger partial charge in [0.15, 0.2) is 5.65 Å². The predicted octanol–water partition coefficient (Wildman–Crippen LogP) is 2.01. The Morgan fingerprint density at radius 1 is 1.24 bits per heavy atom. The lowest BCUT2D eigenvalue weighted by Gasteiger charge is -2.29. The zero-order valence-electron chi connectivity index (χ0n) is 12.6. The quantitative estimate of drug-likeness (QED) is 0.933. The average molecular weight is 285 g/mol. The second-order valence-electron chi connectivity index (χ2n) is 6.43. The van der Waals surface area contributed by atoms with Gasteiger partial charge in [0.05, 0.1) is 0 Å². The van der Waals surface area contributed by atoms with Gasteiger partial charge in [0.2, 0.25) is 5.95 Å². The lowest BCUT2D eigenvalue weighted by Crippen LogP contribution is -2.37. The Morgan fingerprint density at radius 2 is 2.05 bits per heavy atom. The molecule has 1 saturated heterocycles. The van der Waals surface area contributed by atoms with E-state index in [-0.39, 0.29) is 0 Å². The summed E-state index contributed by atoms with van der Waals surface area (Å²) in [6, 6.07) is 6.84. The van der Waals surface area contributed by atoms with Crippen LogP contribution in [0.5, 0.6) is 0 Å². The van der Waals surface area contributed by atoms with E-state index in [1.165, 1.54) is 25.7 Å². The molecule has 0 bridgehead atoms. The molecule has 3 heterocycles. The zero-order valence-corrected chi connectivity index (χ0v) is 12.6. The number of pyridine rings is 1. The second-order valence-corrected chi connectivity index (χ2v) is 6.43. The van der Waals surface area contributed by atoms with E-state index in [1.54, 1.807) is 0 Å². The van der Waals surface area contributed by atoms with Gasteiger partial charge in [-0.3, -0.25) is 0 Å². The molecule has 0 spiro atoms. The Labute approximate surface area is 125 Å². The van der Waals surface area contributed by atoms with Crippen molar-refractivity contribution in [3.05, 3.63) is 23.9 Å². The zero-order chi connectivity index (χ0) is 14.2. The van der Waals surface area contributed by atoms with Crippen molar-refractivity contribution in [1.82, 2.24) is 19.9 Å². The maximum Gasteiger partial charge on any atom is 0.245 e. The first-order valence-corrected chi connectivity index (χ1v) is 8.11. The molecule has 4 rings (SSSR count). The maximum atomic E-state index is 4.76. The van der Waals surface area contributed by atoms with Crippen LogP contribution in [-0.2, 0) is 0 Å². The minimum atomic E-state index is 0.664. The summed E-state index contributed by atoms with van der Waals surface area (Å²) in [7, 11) is 0. The first kappa shape index (κ1) is 13.1. The molecule has 2 aromatic rings. The number of nitrogens with one attached hydrogen (secondary N) is 1. The van der Waals surface area contributed by atoms with Gasteiger partial charge in [-0.2, -0.15) is 4.98 Å². The molecule has 21 heavy (non-hydrogen) atoms. The molecule has 1 saturated carbocycles. The van der Waals surface area contributed by atoms with Gasteiger partial charge in [0.1, 0.15) is 0 Å². The van der Waals surface area contributed by atoms with Crippen molar-refractivity contribution >= 4 is 11.6 Å². The molecule has 1 aliphatic heterocycles. The van der Waals surface area contributed by atoms with Crippen LogP contribution >= 0.6 is 0 Å². The van der Waals surface area contributed by atoms with E-state index in [4.69, 9.17) is 10.1 Å². The molecular weight excluding hydrogens is 262 g/mol. The van der Waals surface area contributed by atoms with Crippen molar-refractivity contribution in [2.45, 2.75) is 38.6 Å². The Hall–Kier alpha value is -1.62. The van der Waals surface area contributed by atoms with Gasteiger partial charge < -0.3 is 10.2 Å². The molecule has 0 unspecified atom stereocenters. The van der Waals surface area contributed by atoms with Gasteiger partial charge in [0.25, 0.3) is 0 Å². The van der Waals surface area contributed by atoms with Crippen LogP contribution in [-0.4, -0.2) is 40.3 Å². The number of aromatic nitrogens is 3. The fourth-order valence-corrected chi connectivity index (χ4v) is 3.27. The van der Waals surface area contributed by atoms with Crippen molar-refractivity contribution in [2.24, 2.45) is 5.92 Å². The smallest absolute Gasteiger partial charge is 0.245 e. The van der Waals surface area contributed by atoms with Crippen LogP contribution < -0.4 is 10.2 Å². The highest BCUT2D eigenvalue weighted by Crippen LogP contribution is 2.32. The third-order valence-electron chi connectivity index (χ3n) is 4.70. The van der Waals surface area contributed by atoms with E-state index >= 15 is 0 Å². The van der Waals surface area contributed by atoms with E-state index < -0.39 is 0 Å². The number of anilines is 1. The van der Waals surface area contributed by atoms with Gasteiger partial charge in [-0.1, -0.05) is 6.07 Å². The van der Waals surface area contributed by atoms with Gasteiger partial charge in [-0.05, 0) is 63.7 Å². The monoisotopic (exact) mass is 285 g/mol. The van der Waals surface area contributed by atoms with Crippen molar-refractivity contribution < 1.29 is 0 Å². The van der Waals surface area contributed by atoms with Crippen molar-refractivity contribution in [3.63, 3.8) is 0 Å². The summed E-state index contributed by atoms with van der Waals surface area (Å²) in [5.74, 6) is 1.70. The lowest BCUT2D eigenvalue weighted by atomic mass is 9.97. The molecule has 2 aromatic heterocycles. The first-order chi connectivity index (χ1) is 10.3. The average Bonchev–Trinajstić information content (AvgIpc) is 3.25. The van der Waals surface area contributed by atoms with Crippen molar-refractivity contribution in [1.29, 1.82) is 0 Å². The van der Waals surface area contributed by atoms with Gasteiger partial charge in [0, 0.05) is 18.3 Å². The number of piperidine rings is 1. The fraction of sp³-hybridized carbons (Fsp3) is 0.625. The van der Waals surface area contributed by atoms with Crippen LogP contribution in [0.2, 0.25) is 0 Å². The van der Waals surface area contributed by atoms with Crippen LogP contribution in [0.15, 0.2) is 18.2 Å². The van der Waals surface area contributed by atoms with E-state index in [0.717, 1.165) is 42.8 Å². The summed E-state index contributed by atoms with van der Waals surface area (Å²) in [5.41, 5.74) is 2.10. The molecule has 5 heteroatoms. The molecule has 0 aromatic carbocycles. The number of hydrogen-bond acceptors (Lipinski definition) is 4. The minimum absolute atomic E-state index is 0.664. The minimum Gasteiger partial charge on any atom is -0.336 e. The van der Waals surface area contributed by atoms with Gasteiger partial charge >= 0.3 is 0 Å². The molecule has 112 valence electrons. The summed E-state index contributed by atoms with van der Waals surface area (Å²) in [4.78, 5) is 7.22. The number of hydrogen-bond donors (Lipinski definition) is 1. The van der Waals surface area contributed by atoms with Crippen molar-refractivity contribution in [3.8, 4) is 0 Å². The number of nitrogens with zero attached hydrogens (tertiary/aromatic N) is 4. The summed E-state index contributed by atoms with van der Waals surface area (Å²) >= 11 is 0. The highest BCUT2D eigenvalue weighted by Gasteiger charge is 2.33. The fourth-order valence-electron chi connectivity index (χ4n) is 3.27. The van der Waals surface area contributed by atoms with E-state index in [2.05, 4.69) is 29.3 Å². The molecule has 0 atom stereocenters. The van der Waals surface area contributed by atoms with Crippen LogP contribution in [0.3, 0.4) is 0 Å². The van der Waals surface area contributed by atoms with Crippen LogP contribution in [0, 0.1) is 12.8 Å². The molecule has 1 N–H and O–H groups in total. The Bertz CT molecular complexity index is 625. The highest BCUT2D eigenvalue weighted by atomic mass is 15.4. The van der Waals surface area contributed by atoms with Crippen molar-refractivity contribution in [2.75, 3.05) is 24.5 Å². The van der Waals surface area contributed by atoms with E-state index in [0.29, 0.717) is 6.04 Å². The molecular formula is C16H23N5. The van der Waals surface area contributed by atoms with Gasteiger partial charge in [-0.25, -0.2) is 4.52 Å². The van der Waals surface area contributed by atoms with E-state index in [1.807, 2.05) is 10.6 Å². The molecule has 0 amide bonds. The third-order valence-corrected chi connectivity index (χ3v) is 4.70.